The molecule has 2 N–H and O–H groups in total. The van der Waals surface area contributed by atoms with Crippen molar-refractivity contribution in [2.24, 2.45) is 5.92 Å². The molecule has 0 amide bonds. The van der Waals surface area contributed by atoms with Crippen molar-refractivity contribution in [3.63, 3.8) is 0 Å². The van der Waals surface area contributed by atoms with Gasteiger partial charge in [-0.15, -0.1) is 0 Å². The van der Waals surface area contributed by atoms with Crippen LogP contribution in [-0.4, -0.2) is 21.0 Å². The fourth-order valence-corrected chi connectivity index (χ4v) is 3.51. The smallest absolute Gasteiger partial charge is 0.243 e. The molecule has 6 heteroatoms. The van der Waals surface area contributed by atoms with Crippen molar-refractivity contribution in [1.82, 2.24) is 10.0 Å². The van der Waals surface area contributed by atoms with E-state index in [0.29, 0.717) is 12.5 Å². The number of rotatable bonds is 7. The minimum Gasteiger partial charge on any atom is -0.313 e. The summed E-state index contributed by atoms with van der Waals surface area (Å²) in [6, 6.07) is 4.12. The lowest BCUT2D eigenvalue weighted by atomic mass is 10.2. The molecular weight excluding hydrogens is 279 g/mol. The molecule has 0 bridgehead atoms. The Balaban J connectivity index is 2.14. The van der Waals surface area contributed by atoms with Gasteiger partial charge in [-0.1, -0.05) is 13.0 Å². The highest BCUT2D eigenvalue weighted by atomic mass is 32.2. The van der Waals surface area contributed by atoms with Crippen LogP contribution in [0, 0.1) is 11.7 Å². The normalized spacial score (nSPS) is 17.1. The SMILES string of the molecule is CCNCc1ccc(S(=O)(=O)NC(C)C2CC2)c(F)c1. The molecule has 1 aromatic rings. The summed E-state index contributed by atoms with van der Waals surface area (Å²) >= 11 is 0. The molecule has 1 atom stereocenters. The number of hydrogen-bond donors (Lipinski definition) is 2. The number of hydrogen-bond acceptors (Lipinski definition) is 3. The number of halogens is 1. The highest BCUT2D eigenvalue weighted by Gasteiger charge is 2.32. The summed E-state index contributed by atoms with van der Waals surface area (Å²) < 4.78 is 40.9. The van der Waals surface area contributed by atoms with E-state index in [1.807, 2.05) is 13.8 Å². The van der Waals surface area contributed by atoms with Crippen molar-refractivity contribution in [3.8, 4) is 0 Å². The molecule has 0 saturated heterocycles. The summed E-state index contributed by atoms with van der Waals surface area (Å²) in [5.41, 5.74) is 0.735. The van der Waals surface area contributed by atoms with Gasteiger partial charge in [-0.05, 0) is 49.9 Å². The fourth-order valence-electron chi connectivity index (χ4n) is 2.14. The summed E-state index contributed by atoms with van der Waals surface area (Å²) in [5.74, 6) is -0.309. The first-order valence-corrected chi connectivity index (χ1v) is 8.44. The summed E-state index contributed by atoms with van der Waals surface area (Å²) in [5, 5.41) is 3.07. The van der Waals surface area contributed by atoms with Crippen LogP contribution >= 0.6 is 0 Å². The van der Waals surface area contributed by atoms with E-state index < -0.39 is 15.8 Å². The van der Waals surface area contributed by atoms with Gasteiger partial charge in [0.05, 0.1) is 0 Å². The fraction of sp³-hybridized carbons (Fsp3) is 0.571. The summed E-state index contributed by atoms with van der Waals surface area (Å²) in [4.78, 5) is -0.273. The Labute approximate surface area is 119 Å². The molecule has 4 nitrogen and oxygen atoms in total. The molecular formula is C14H21FN2O2S. The molecule has 1 aromatic carbocycles. The number of nitrogens with one attached hydrogen (secondary N) is 2. The van der Waals surface area contributed by atoms with Crippen LogP contribution in [0.2, 0.25) is 0 Å². The van der Waals surface area contributed by atoms with Crippen LogP contribution in [0.1, 0.15) is 32.3 Å². The maximum Gasteiger partial charge on any atom is 0.243 e. The van der Waals surface area contributed by atoms with E-state index in [1.54, 1.807) is 6.07 Å². The molecule has 0 aliphatic heterocycles. The Hall–Kier alpha value is -0.980. The molecule has 0 aromatic heterocycles. The van der Waals surface area contributed by atoms with Crippen molar-refractivity contribution in [2.75, 3.05) is 6.54 Å². The summed E-state index contributed by atoms with van der Waals surface area (Å²) in [6.07, 6.45) is 2.07. The van der Waals surface area contributed by atoms with E-state index in [2.05, 4.69) is 10.0 Å². The zero-order chi connectivity index (χ0) is 14.8. The van der Waals surface area contributed by atoms with Crippen molar-refractivity contribution in [2.45, 2.75) is 44.2 Å². The predicted octanol–water partition coefficient (Wildman–Crippen LogP) is 2.01. The zero-order valence-corrected chi connectivity index (χ0v) is 12.6. The van der Waals surface area contributed by atoms with E-state index in [-0.39, 0.29) is 10.9 Å². The van der Waals surface area contributed by atoms with Gasteiger partial charge in [0.2, 0.25) is 10.0 Å². The Kier molecular flexibility index (Phi) is 4.78. The molecule has 2 rings (SSSR count). The lowest BCUT2D eigenvalue weighted by molar-refractivity contribution is 0.525. The van der Waals surface area contributed by atoms with E-state index in [1.165, 1.54) is 12.1 Å². The molecule has 112 valence electrons. The molecule has 1 saturated carbocycles. The lowest BCUT2D eigenvalue weighted by Gasteiger charge is -2.14. The lowest BCUT2D eigenvalue weighted by Crippen LogP contribution is -2.34. The molecule has 0 radical (unpaired) electrons. The molecule has 20 heavy (non-hydrogen) atoms. The molecule has 1 unspecified atom stereocenters. The molecule has 0 heterocycles. The summed E-state index contributed by atoms with van der Waals surface area (Å²) in [7, 11) is -3.78. The van der Waals surface area contributed by atoms with Crippen molar-refractivity contribution < 1.29 is 12.8 Å². The average Bonchev–Trinajstić information content (AvgIpc) is 3.19. The van der Waals surface area contributed by atoms with Crippen molar-refractivity contribution >= 4 is 10.0 Å². The highest BCUT2D eigenvalue weighted by molar-refractivity contribution is 7.89. The first kappa shape index (κ1) is 15.4. The maximum atomic E-state index is 14.0. The quantitative estimate of drug-likeness (QED) is 0.810. The third-order valence-electron chi connectivity index (χ3n) is 3.54. The van der Waals surface area contributed by atoms with Crippen LogP contribution in [0.15, 0.2) is 23.1 Å². The second-order valence-corrected chi connectivity index (χ2v) is 6.97. The first-order valence-electron chi connectivity index (χ1n) is 6.95. The number of sulfonamides is 1. The monoisotopic (exact) mass is 300 g/mol. The van der Waals surface area contributed by atoms with Crippen molar-refractivity contribution in [3.05, 3.63) is 29.6 Å². The van der Waals surface area contributed by atoms with Gasteiger partial charge >= 0.3 is 0 Å². The standard InChI is InChI=1S/C14H21FN2O2S/c1-3-16-9-11-4-7-14(13(15)8-11)20(18,19)17-10(2)12-5-6-12/h4,7-8,10,12,16-17H,3,5-6,9H2,1-2H3. The van der Waals surface area contributed by atoms with E-state index in [9.17, 15) is 12.8 Å². The van der Waals surface area contributed by atoms with Gasteiger partial charge in [-0.25, -0.2) is 17.5 Å². The highest BCUT2D eigenvalue weighted by Crippen LogP contribution is 2.33. The van der Waals surface area contributed by atoms with Crippen LogP contribution in [0.3, 0.4) is 0 Å². The first-order chi connectivity index (χ1) is 9.44. The minimum atomic E-state index is -3.78. The largest absolute Gasteiger partial charge is 0.313 e. The van der Waals surface area contributed by atoms with E-state index in [0.717, 1.165) is 24.9 Å². The summed E-state index contributed by atoms with van der Waals surface area (Å²) in [6.45, 7) is 5.09. The second kappa shape index (κ2) is 6.20. The minimum absolute atomic E-state index is 0.138. The number of benzene rings is 1. The van der Waals surface area contributed by atoms with Crippen LogP contribution in [-0.2, 0) is 16.6 Å². The van der Waals surface area contributed by atoms with Crippen LogP contribution in [0.4, 0.5) is 4.39 Å². The predicted molar refractivity (Wildman–Crippen MR) is 76.3 cm³/mol. The van der Waals surface area contributed by atoms with Crippen molar-refractivity contribution in [1.29, 1.82) is 0 Å². The molecule has 1 aliphatic carbocycles. The van der Waals surface area contributed by atoms with Gasteiger partial charge in [0.25, 0.3) is 0 Å². The third-order valence-corrected chi connectivity index (χ3v) is 5.13. The Bertz CT molecular complexity index is 571. The van der Waals surface area contributed by atoms with Crippen LogP contribution < -0.4 is 10.0 Å². The van der Waals surface area contributed by atoms with Crippen LogP contribution in [0.25, 0.3) is 0 Å². The van der Waals surface area contributed by atoms with Gasteiger partial charge in [-0.2, -0.15) is 0 Å². The Morgan fingerprint density at radius 2 is 2.10 bits per heavy atom. The molecule has 1 fully saturated rings. The Morgan fingerprint density at radius 3 is 2.65 bits per heavy atom. The van der Waals surface area contributed by atoms with Gasteiger partial charge < -0.3 is 5.32 Å². The van der Waals surface area contributed by atoms with Gasteiger partial charge in [0.15, 0.2) is 0 Å². The second-order valence-electron chi connectivity index (χ2n) is 5.29. The zero-order valence-electron chi connectivity index (χ0n) is 11.8. The third kappa shape index (κ3) is 3.77. The molecule has 0 spiro atoms. The van der Waals surface area contributed by atoms with Gasteiger partial charge in [-0.3, -0.25) is 0 Å². The van der Waals surface area contributed by atoms with E-state index >= 15 is 0 Å². The molecule has 1 aliphatic rings. The van der Waals surface area contributed by atoms with E-state index in [4.69, 9.17) is 0 Å². The van der Waals surface area contributed by atoms with Gasteiger partial charge in [0, 0.05) is 12.6 Å². The maximum absolute atomic E-state index is 14.0. The van der Waals surface area contributed by atoms with Gasteiger partial charge in [0.1, 0.15) is 10.7 Å². The Morgan fingerprint density at radius 1 is 1.40 bits per heavy atom. The topological polar surface area (TPSA) is 58.2 Å². The average molecular weight is 300 g/mol. The van der Waals surface area contributed by atoms with Crippen LogP contribution in [0.5, 0.6) is 0 Å².